The van der Waals surface area contributed by atoms with E-state index in [4.69, 9.17) is 0 Å². The van der Waals surface area contributed by atoms with Crippen LogP contribution in [0.5, 0.6) is 0 Å². The SMILES string of the molecule is Cc1ccc(CC(=O)N/N=C/c2c[nH]c3ccccc23)c(C)c1. The summed E-state index contributed by atoms with van der Waals surface area (Å²) in [6, 6.07) is 14.1. The van der Waals surface area contributed by atoms with Gasteiger partial charge in [-0.1, -0.05) is 42.0 Å². The van der Waals surface area contributed by atoms with Gasteiger partial charge in [0.2, 0.25) is 5.91 Å². The van der Waals surface area contributed by atoms with Crippen LogP contribution in [0.25, 0.3) is 10.9 Å². The zero-order valence-corrected chi connectivity index (χ0v) is 13.3. The van der Waals surface area contributed by atoms with Crippen molar-refractivity contribution in [3.05, 3.63) is 70.9 Å². The van der Waals surface area contributed by atoms with Gasteiger partial charge in [0.05, 0.1) is 12.6 Å². The monoisotopic (exact) mass is 305 g/mol. The summed E-state index contributed by atoms with van der Waals surface area (Å²) in [5.74, 6) is -0.118. The van der Waals surface area contributed by atoms with E-state index in [1.165, 1.54) is 5.56 Å². The summed E-state index contributed by atoms with van der Waals surface area (Å²) in [4.78, 5) is 15.2. The Kier molecular flexibility index (Phi) is 4.24. The zero-order valence-electron chi connectivity index (χ0n) is 13.3. The third kappa shape index (κ3) is 3.48. The molecule has 0 spiro atoms. The lowest BCUT2D eigenvalue weighted by atomic mass is 10.0. The van der Waals surface area contributed by atoms with Crippen LogP contribution in [0, 0.1) is 13.8 Å². The molecule has 0 aliphatic carbocycles. The van der Waals surface area contributed by atoms with Crippen LogP contribution in [0.4, 0.5) is 0 Å². The molecule has 0 bridgehead atoms. The number of aromatic amines is 1. The van der Waals surface area contributed by atoms with Gasteiger partial charge in [-0.25, -0.2) is 5.43 Å². The molecule has 1 heterocycles. The van der Waals surface area contributed by atoms with Crippen LogP contribution in [0.15, 0.2) is 53.8 Å². The molecule has 3 rings (SSSR count). The molecule has 0 unspecified atom stereocenters. The number of amides is 1. The van der Waals surface area contributed by atoms with Crippen molar-refractivity contribution < 1.29 is 4.79 Å². The number of rotatable bonds is 4. The predicted molar refractivity (Wildman–Crippen MR) is 93.7 cm³/mol. The Labute approximate surface area is 135 Å². The molecule has 4 nitrogen and oxygen atoms in total. The number of fused-ring (bicyclic) bond motifs is 1. The number of benzene rings is 2. The number of carbonyl (C=O) groups excluding carboxylic acids is 1. The van der Waals surface area contributed by atoms with Gasteiger partial charge in [-0.05, 0) is 31.0 Å². The van der Waals surface area contributed by atoms with Crippen molar-refractivity contribution in [3.8, 4) is 0 Å². The van der Waals surface area contributed by atoms with Crippen LogP contribution >= 0.6 is 0 Å². The molecule has 116 valence electrons. The van der Waals surface area contributed by atoms with Gasteiger partial charge in [0, 0.05) is 22.7 Å². The Morgan fingerprint density at radius 2 is 2.04 bits per heavy atom. The molecule has 2 aromatic carbocycles. The first-order chi connectivity index (χ1) is 11.1. The zero-order chi connectivity index (χ0) is 16.2. The number of para-hydroxylation sites is 1. The van der Waals surface area contributed by atoms with Gasteiger partial charge in [-0.2, -0.15) is 5.10 Å². The molecule has 0 saturated heterocycles. The van der Waals surface area contributed by atoms with Crippen LogP contribution in [-0.4, -0.2) is 17.1 Å². The summed E-state index contributed by atoms with van der Waals surface area (Å²) in [5.41, 5.74) is 7.94. The van der Waals surface area contributed by atoms with Crippen molar-refractivity contribution in [2.75, 3.05) is 0 Å². The first-order valence-electron chi connectivity index (χ1n) is 7.57. The first kappa shape index (κ1) is 15.0. The van der Waals surface area contributed by atoms with Crippen molar-refractivity contribution in [1.82, 2.24) is 10.4 Å². The molecule has 0 atom stereocenters. The second kappa shape index (κ2) is 6.48. The molecule has 23 heavy (non-hydrogen) atoms. The number of aryl methyl sites for hydroxylation is 2. The molecule has 1 amide bonds. The van der Waals surface area contributed by atoms with Crippen molar-refractivity contribution in [2.24, 2.45) is 5.10 Å². The van der Waals surface area contributed by atoms with Gasteiger partial charge < -0.3 is 4.98 Å². The highest BCUT2D eigenvalue weighted by Crippen LogP contribution is 2.15. The largest absolute Gasteiger partial charge is 0.361 e. The number of H-pyrrole nitrogens is 1. The van der Waals surface area contributed by atoms with E-state index in [1.807, 2.05) is 56.4 Å². The van der Waals surface area contributed by atoms with E-state index in [1.54, 1.807) is 6.21 Å². The summed E-state index contributed by atoms with van der Waals surface area (Å²) >= 11 is 0. The lowest BCUT2D eigenvalue weighted by Gasteiger charge is -2.05. The normalized spacial score (nSPS) is 11.2. The van der Waals surface area contributed by atoms with Crippen LogP contribution in [0.2, 0.25) is 0 Å². The summed E-state index contributed by atoms with van der Waals surface area (Å²) < 4.78 is 0. The Bertz CT molecular complexity index is 877. The molecule has 4 heteroatoms. The second-order valence-electron chi connectivity index (χ2n) is 5.69. The molecule has 2 N–H and O–H groups in total. The molecular formula is C19H19N3O. The molecule has 0 fully saturated rings. The predicted octanol–water partition coefficient (Wildman–Crippen LogP) is 3.48. The maximum atomic E-state index is 12.0. The van der Waals surface area contributed by atoms with E-state index in [0.717, 1.165) is 27.6 Å². The molecule has 3 aromatic rings. The quantitative estimate of drug-likeness (QED) is 0.563. The average molecular weight is 305 g/mol. The highest BCUT2D eigenvalue weighted by molar-refractivity contribution is 5.99. The lowest BCUT2D eigenvalue weighted by Crippen LogP contribution is -2.20. The van der Waals surface area contributed by atoms with Gasteiger partial charge >= 0.3 is 0 Å². The lowest BCUT2D eigenvalue weighted by molar-refractivity contribution is -0.120. The minimum Gasteiger partial charge on any atom is -0.361 e. The second-order valence-corrected chi connectivity index (χ2v) is 5.69. The summed E-state index contributed by atoms with van der Waals surface area (Å²) in [7, 11) is 0. The van der Waals surface area contributed by atoms with Gasteiger partial charge in [-0.3, -0.25) is 4.79 Å². The van der Waals surface area contributed by atoms with Gasteiger partial charge in [-0.15, -0.1) is 0 Å². The fourth-order valence-electron chi connectivity index (χ4n) is 2.63. The van der Waals surface area contributed by atoms with Crippen molar-refractivity contribution >= 4 is 23.0 Å². The number of hydrogen-bond donors (Lipinski definition) is 2. The Morgan fingerprint density at radius 1 is 1.22 bits per heavy atom. The number of hydrazone groups is 1. The molecule has 1 aromatic heterocycles. The maximum absolute atomic E-state index is 12.0. The Hall–Kier alpha value is -2.88. The summed E-state index contributed by atoms with van der Waals surface area (Å²) in [6.45, 7) is 4.06. The van der Waals surface area contributed by atoms with Crippen molar-refractivity contribution in [3.63, 3.8) is 0 Å². The smallest absolute Gasteiger partial charge is 0.244 e. The van der Waals surface area contributed by atoms with E-state index in [0.29, 0.717) is 6.42 Å². The van der Waals surface area contributed by atoms with E-state index >= 15 is 0 Å². The van der Waals surface area contributed by atoms with Crippen molar-refractivity contribution in [1.29, 1.82) is 0 Å². The Balaban J connectivity index is 1.64. The van der Waals surface area contributed by atoms with Gasteiger partial charge in [0.25, 0.3) is 0 Å². The van der Waals surface area contributed by atoms with E-state index in [2.05, 4.69) is 21.6 Å². The third-order valence-corrected chi connectivity index (χ3v) is 3.86. The van der Waals surface area contributed by atoms with Crippen LogP contribution < -0.4 is 5.43 Å². The molecule has 0 radical (unpaired) electrons. The number of aromatic nitrogens is 1. The van der Waals surface area contributed by atoms with Crippen LogP contribution in [0.1, 0.15) is 22.3 Å². The highest BCUT2D eigenvalue weighted by atomic mass is 16.2. The first-order valence-corrected chi connectivity index (χ1v) is 7.57. The topological polar surface area (TPSA) is 57.2 Å². The number of hydrogen-bond acceptors (Lipinski definition) is 2. The average Bonchev–Trinajstić information content (AvgIpc) is 2.94. The molecular weight excluding hydrogens is 286 g/mol. The Morgan fingerprint density at radius 3 is 2.87 bits per heavy atom. The highest BCUT2D eigenvalue weighted by Gasteiger charge is 2.05. The maximum Gasteiger partial charge on any atom is 0.244 e. The fraction of sp³-hybridized carbons (Fsp3) is 0.158. The third-order valence-electron chi connectivity index (χ3n) is 3.86. The summed E-state index contributed by atoms with van der Waals surface area (Å²) in [5, 5.41) is 5.15. The fourth-order valence-corrected chi connectivity index (χ4v) is 2.63. The molecule has 0 aliphatic heterocycles. The minimum absolute atomic E-state index is 0.118. The van der Waals surface area contributed by atoms with Crippen LogP contribution in [0.3, 0.4) is 0 Å². The van der Waals surface area contributed by atoms with Crippen molar-refractivity contribution in [2.45, 2.75) is 20.3 Å². The number of nitrogens with zero attached hydrogens (tertiary/aromatic N) is 1. The molecule has 0 saturated carbocycles. The van der Waals surface area contributed by atoms with E-state index in [9.17, 15) is 4.79 Å². The van der Waals surface area contributed by atoms with Gasteiger partial charge in [0.15, 0.2) is 0 Å². The number of carbonyl (C=O) groups is 1. The van der Waals surface area contributed by atoms with Gasteiger partial charge in [0.1, 0.15) is 0 Å². The van der Waals surface area contributed by atoms with Crippen LogP contribution in [-0.2, 0) is 11.2 Å². The number of nitrogens with one attached hydrogen (secondary N) is 2. The standard InChI is InChI=1S/C19H19N3O/c1-13-7-8-15(14(2)9-13)10-19(23)22-21-12-16-11-20-18-6-4-3-5-17(16)18/h3-9,11-12,20H,10H2,1-2H3,(H,22,23)/b21-12+. The van der Waals surface area contributed by atoms with E-state index in [-0.39, 0.29) is 5.91 Å². The minimum atomic E-state index is -0.118. The van der Waals surface area contributed by atoms with E-state index < -0.39 is 0 Å². The summed E-state index contributed by atoms with van der Waals surface area (Å²) in [6.07, 6.45) is 3.88. The molecule has 0 aliphatic rings.